The molecule has 0 saturated heterocycles. The lowest BCUT2D eigenvalue weighted by Gasteiger charge is -2.00. The summed E-state index contributed by atoms with van der Waals surface area (Å²) < 4.78 is 8.51. The smallest absolute Gasteiger partial charge is 0.395 e. The fourth-order valence-corrected chi connectivity index (χ4v) is 3.10. The molecule has 0 atom stereocenters. The molecular weight excluding hydrogens is 349 g/mol. The lowest BCUT2D eigenvalue weighted by molar-refractivity contribution is 0.446. The summed E-state index contributed by atoms with van der Waals surface area (Å²) in [4.78, 5) is 4.40. The molecule has 120 valence electrons. The number of rotatable bonds is 5. The molecule has 0 aromatic carbocycles. The van der Waals surface area contributed by atoms with Gasteiger partial charge in [-0.15, -0.1) is 10.2 Å². The van der Waals surface area contributed by atoms with Gasteiger partial charge in [-0.25, -0.2) is 9.50 Å². The highest BCUT2D eigenvalue weighted by atomic mass is 35.5. The minimum atomic E-state index is 0.387. The molecule has 1 N–H and O–H groups in total. The number of aromatic nitrogens is 6. The van der Waals surface area contributed by atoms with Gasteiger partial charge in [-0.05, 0) is 36.0 Å². The maximum atomic E-state index is 6.04. The fraction of sp³-hybridized carbons (Fsp3) is 0.0769. The van der Waals surface area contributed by atoms with E-state index in [0.717, 1.165) is 16.3 Å². The van der Waals surface area contributed by atoms with Gasteiger partial charge in [-0.1, -0.05) is 11.6 Å². The van der Waals surface area contributed by atoms with Gasteiger partial charge in [0.15, 0.2) is 11.3 Å². The van der Waals surface area contributed by atoms with Crippen molar-refractivity contribution in [3.05, 3.63) is 41.7 Å². The van der Waals surface area contributed by atoms with Crippen molar-refractivity contribution >= 4 is 48.1 Å². The predicted molar refractivity (Wildman–Crippen MR) is 92.9 cm³/mol. The molecule has 0 aliphatic rings. The maximum Gasteiger partial charge on any atom is 0.395 e. The Bertz CT molecular complexity index is 1020. The summed E-state index contributed by atoms with van der Waals surface area (Å²) in [7, 11) is 2.00. The van der Waals surface area contributed by atoms with Gasteiger partial charge in [-0.2, -0.15) is 5.10 Å². The summed E-state index contributed by atoms with van der Waals surface area (Å²) in [5, 5.41) is 18.0. The van der Waals surface area contributed by atoms with Crippen LogP contribution in [-0.2, 0) is 4.65 Å². The standard InChI is InChI=1S/C13H11BClN7OS/c1-23-14-17-9-7-22-10(16-9)4-5-12(20-22)24-13-19-18-11-3-2-8(15)6-21(11)13/h2-7,14,17H,1H3. The minimum Gasteiger partial charge on any atom is -0.422 e. The molecule has 0 radical (unpaired) electrons. The first-order valence-electron chi connectivity index (χ1n) is 7.00. The number of nitrogens with one attached hydrogen (secondary N) is 1. The van der Waals surface area contributed by atoms with Gasteiger partial charge in [-0.3, -0.25) is 4.40 Å². The molecule has 24 heavy (non-hydrogen) atoms. The van der Waals surface area contributed by atoms with Gasteiger partial charge >= 0.3 is 7.62 Å². The van der Waals surface area contributed by atoms with E-state index in [1.807, 2.05) is 22.6 Å². The van der Waals surface area contributed by atoms with Crippen molar-refractivity contribution in [2.24, 2.45) is 0 Å². The van der Waals surface area contributed by atoms with E-state index < -0.39 is 0 Å². The van der Waals surface area contributed by atoms with Gasteiger partial charge < -0.3 is 9.88 Å². The molecule has 8 nitrogen and oxygen atoms in total. The third-order valence-corrected chi connectivity index (χ3v) is 4.34. The van der Waals surface area contributed by atoms with Crippen molar-refractivity contribution < 1.29 is 4.65 Å². The summed E-state index contributed by atoms with van der Waals surface area (Å²) >= 11 is 7.44. The second kappa shape index (κ2) is 6.31. The normalized spacial score (nSPS) is 11.2. The van der Waals surface area contributed by atoms with Crippen LogP contribution >= 0.6 is 23.4 Å². The van der Waals surface area contributed by atoms with Gasteiger partial charge in [0, 0.05) is 13.3 Å². The molecule has 0 bridgehead atoms. The Hall–Kier alpha value is -2.30. The molecule has 4 heterocycles. The lowest BCUT2D eigenvalue weighted by Crippen LogP contribution is -2.07. The third kappa shape index (κ3) is 2.91. The minimum absolute atomic E-state index is 0.387. The van der Waals surface area contributed by atoms with Crippen LogP contribution < -0.4 is 5.23 Å². The number of hydrogen-bond donors (Lipinski definition) is 1. The zero-order valence-electron chi connectivity index (χ0n) is 12.5. The quantitative estimate of drug-likeness (QED) is 0.545. The van der Waals surface area contributed by atoms with Crippen LogP contribution in [-0.4, -0.2) is 43.9 Å². The number of nitrogens with zero attached hydrogens (tertiary/aromatic N) is 6. The Morgan fingerprint density at radius 2 is 2.04 bits per heavy atom. The Morgan fingerprint density at radius 3 is 2.92 bits per heavy atom. The first-order chi connectivity index (χ1) is 11.7. The molecular formula is C13H11BClN7OS. The highest BCUT2D eigenvalue weighted by Gasteiger charge is 2.10. The van der Waals surface area contributed by atoms with Crippen molar-refractivity contribution in [1.29, 1.82) is 0 Å². The summed E-state index contributed by atoms with van der Waals surface area (Å²) in [5.41, 5.74) is 1.48. The van der Waals surface area contributed by atoms with Crippen molar-refractivity contribution in [3.8, 4) is 0 Å². The van der Waals surface area contributed by atoms with Crippen LogP contribution in [0, 0.1) is 0 Å². The molecule has 4 rings (SSSR count). The lowest BCUT2D eigenvalue weighted by atomic mass is 10.3. The zero-order chi connectivity index (χ0) is 16.5. The summed E-state index contributed by atoms with van der Waals surface area (Å²) in [5.74, 6) is 0.700. The average molecular weight is 360 g/mol. The molecule has 11 heteroatoms. The molecule has 0 unspecified atom stereocenters. The first-order valence-corrected chi connectivity index (χ1v) is 8.20. The van der Waals surface area contributed by atoms with Crippen molar-refractivity contribution in [2.45, 2.75) is 10.2 Å². The second-order valence-corrected chi connectivity index (χ2v) is 6.29. The fourth-order valence-electron chi connectivity index (χ4n) is 2.16. The van der Waals surface area contributed by atoms with Crippen LogP contribution in [0.1, 0.15) is 0 Å². The summed E-state index contributed by atoms with van der Waals surface area (Å²) in [6, 6.07) is 7.38. The number of halogens is 1. The van der Waals surface area contributed by atoms with Crippen molar-refractivity contribution in [1.82, 2.24) is 29.2 Å². The first kappa shape index (κ1) is 15.2. The highest BCUT2D eigenvalue weighted by Crippen LogP contribution is 2.26. The van der Waals surface area contributed by atoms with E-state index in [4.69, 9.17) is 16.3 Å². The Balaban J connectivity index is 1.64. The Kier molecular flexibility index (Phi) is 4.01. The van der Waals surface area contributed by atoms with E-state index in [1.54, 1.807) is 30.1 Å². The van der Waals surface area contributed by atoms with Crippen LogP contribution in [0.2, 0.25) is 5.02 Å². The Labute approximate surface area is 146 Å². The number of pyridine rings is 1. The van der Waals surface area contributed by atoms with E-state index in [9.17, 15) is 0 Å². The molecule has 0 aliphatic heterocycles. The van der Waals surface area contributed by atoms with E-state index in [0.29, 0.717) is 23.6 Å². The molecule has 0 fully saturated rings. The number of anilines is 1. The molecule has 0 saturated carbocycles. The van der Waals surface area contributed by atoms with Gasteiger partial charge in [0.25, 0.3) is 0 Å². The van der Waals surface area contributed by atoms with Crippen molar-refractivity contribution in [3.63, 3.8) is 0 Å². The topological polar surface area (TPSA) is 81.6 Å². The van der Waals surface area contributed by atoms with Crippen LogP contribution in [0.5, 0.6) is 0 Å². The maximum absolute atomic E-state index is 6.04. The molecule has 4 aromatic heterocycles. The van der Waals surface area contributed by atoms with Crippen LogP contribution in [0.4, 0.5) is 5.82 Å². The number of hydrogen-bond acceptors (Lipinski definition) is 7. The van der Waals surface area contributed by atoms with E-state index in [2.05, 4.69) is 25.5 Å². The monoisotopic (exact) mass is 359 g/mol. The van der Waals surface area contributed by atoms with Crippen LogP contribution in [0.15, 0.2) is 46.8 Å². The molecule has 4 aromatic rings. The van der Waals surface area contributed by atoms with Gasteiger partial charge in [0.2, 0.25) is 5.16 Å². The SMILES string of the molecule is COBNc1cn2nc(Sc3nnc4ccc(Cl)cn34)ccc2n1. The van der Waals surface area contributed by atoms with Crippen LogP contribution in [0.25, 0.3) is 11.3 Å². The zero-order valence-corrected chi connectivity index (χ0v) is 14.1. The number of imidazole rings is 1. The van der Waals surface area contributed by atoms with E-state index >= 15 is 0 Å². The van der Waals surface area contributed by atoms with Gasteiger partial charge in [0.1, 0.15) is 10.8 Å². The average Bonchev–Trinajstić information content (AvgIpc) is 3.16. The van der Waals surface area contributed by atoms with Crippen LogP contribution in [0.3, 0.4) is 0 Å². The Morgan fingerprint density at radius 1 is 1.17 bits per heavy atom. The van der Waals surface area contributed by atoms with Gasteiger partial charge in [0.05, 0.1) is 11.2 Å². The summed E-state index contributed by atoms with van der Waals surface area (Å²) in [6.07, 6.45) is 3.58. The highest BCUT2D eigenvalue weighted by molar-refractivity contribution is 7.99. The largest absolute Gasteiger partial charge is 0.422 e. The van der Waals surface area contributed by atoms with E-state index in [-0.39, 0.29) is 0 Å². The molecule has 0 spiro atoms. The molecule has 0 aliphatic carbocycles. The second-order valence-electron chi connectivity index (χ2n) is 4.87. The van der Waals surface area contributed by atoms with Crippen molar-refractivity contribution in [2.75, 3.05) is 12.3 Å². The molecule has 0 amide bonds. The number of fused-ring (bicyclic) bond motifs is 2. The van der Waals surface area contributed by atoms with E-state index in [1.165, 1.54) is 11.8 Å². The summed E-state index contributed by atoms with van der Waals surface area (Å²) in [6.45, 7) is 0. The third-order valence-electron chi connectivity index (χ3n) is 3.22. The predicted octanol–water partition coefficient (Wildman–Crippen LogP) is 1.90.